The number of benzene rings is 4. The molecule has 0 fully saturated rings. The van der Waals surface area contributed by atoms with Crippen molar-refractivity contribution in [1.29, 1.82) is 0 Å². The summed E-state index contributed by atoms with van der Waals surface area (Å²) in [5.74, 6) is -0.567. The average molecular weight is 620 g/mol. The lowest BCUT2D eigenvalue weighted by atomic mass is 10.0. The summed E-state index contributed by atoms with van der Waals surface area (Å²) in [6.45, 7) is 1.37. The smallest absolute Gasteiger partial charge is 0.264 e. The molecule has 1 N–H and O–H groups in total. The van der Waals surface area contributed by atoms with Gasteiger partial charge >= 0.3 is 0 Å². The number of hydrogen-bond acceptors (Lipinski definition) is 5. The fourth-order valence-electron chi connectivity index (χ4n) is 4.68. The van der Waals surface area contributed by atoms with E-state index in [1.807, 2.05) is 67.6 Å². The Morgan fingerprint density at radius 3 is 2.05 bits per heavy atom. The van der Waals surface area contributed by atoms with Gasteiger partial charge in [0, 0.05) is 20.0 Å². The number of anilines is 1. The van der Waals surface area contributed by atoms with Crippen LogP contribution in [0.15, 0.2) is 108 Å². The molecule has 0 aliphatic rings. The van der Waals surface area contributed by atoms with Gasteiger partial charge in [-0.3, -0.25) is 13.9 Å². The summed E-state index contributed by atoms with van der Waals surface area (Å²) in [5, 5.41) is 2.86. The summed E-state index contributed by atoms with van der Waals surface area (Å²) in [5.41, 5.74) is 2.71. The van der Waals surface area contributed by atoms with E-state index in [9.17, 15) is 18.0 Å². The second kappa shape index (κ2) is 14.2. The second-order valence-corrected chi connectivity index (χ2v) is 12.2. The van der Waals surface area contributed by atoms with Crippen molar-refractivity contribution in [1.82, 2.24) is 10.2 Å². The average Bonchev–Trinajstić information content (AvgIpc) is 3.02. The van der Waals surface area contributed by atoms with Crippen LogP contribution in [0.3, 0.4) is 0 Å². The van der Waals surface area contributed by atoms with Gasteiger partial charge in [-0.1, -0.05) is 90.0 Å². The minimum absolute atomic E-state index is 0.0135. The number of carbonyl (C=O) groups excluding carboxylic acids is 2. The third-order valence-electron chi connectivity index (χ3n) is 7.02. The van der Waals surface area contributed by atoms with E-state index >= 15 is 0 Å². The molecule has 0 saturated carbocycles. The Morgan fingerprint density at radius 2 is 1.49 bits per heavy atom. The highest BCUT2D eigenvalue weighted by molar-refractivity contribution is 7.92. The highest BCUT2D eigenvalue weighted by Gasteiger charge is 2.34. The summed E-state index contributed by atoms with van der Waals surface area (Å²) in [7, 11) is -1.26. The number of likely N-dealkylation sites (N-methyl/N-ethyl adjacent to an activating group) is 1. The molecular weight excluding hydrogens is 586 g/mol. The molecule has 0 saturated heterocycles. The molecule has 8 nitrogen and oxygen atoms in total. The van der Waals surface area contributed by atoms with Gasteiger partial charge < -0.3 is 15.0 Å². The Labute approximate surface area is 257 Å². The zero-order valence-corrected chi connectivity index (χ0v) is 25.8. The van der Waals surface area contributed by atoms with E-state index < -0.39 is 28.5 Å². The van der Waals surface area contributed by atoms with Gasteiger partial charge in [0.05, 0.1) is 22.7 Å². The molecule has 10 heteroatoms. The summed E-state index contributed by atoms with van der Waals surface area (Å²) in [4.78, 5) is 29.1. The minimum atomic E-state index is -4.23. The van der Waals surface area contributed by atoms with E-state index in [0.717, 1.165) is 21.0 Å². The predicted octanol–water partition coefficient (Wildman–Crippen LogP) is 5.24. The molecule has 224 valence electrons. The first kappa shape index (κ1) is 31.6. The van der Waals surface area contributed by atoms with Crippen molar-refractivity contribution < 1.29 is 22.7 Å². The second-order valence-electron chi connectivity index (χ2n) is 9.97. The van der Waals surface area contributed by atoms with Crippen LogP contribution >= 0.6 is 11.6 Å². The molecule has 0 bridgehead atoms. The lowest BCUT2D eigenvalue weighted by Crippen LogP contribution is -2.53. The van der Waals surface area contributed by atoms with Crippen molar-refractivity contribution in [3.8, 4) is 5.75 Å². The zero-order valence-electron chi connectivity index (χ0n) is 24.2. The molecule has 4 aromatic rings. The number of aryl methyl sites for hydroxylation is 1. The Kier molecular flexibility index (Phi) is 10.4. The maximum absolute atomic E-state index is 14.3. The molecule has 0 unspecified atom stereocenters. The molecule has 4 rings (SSSR count). The SMILES string of the molecule is CNC(=O)[C@@H](Cc1ccccc1)N(Cc1ccccc1)C(=O)CN(c1ccc(OC)c(Cl)c1)S(=O)(=O)c1ccc(C)cc1. The van der Waals surface area contributed by atoms with E-state index in [4.69, 9.17) is 16.3 Å². The van der Waals surface area contributed by atoms with Gasteiger partial charge in [-0.05, 0) is 48.4 Å². The number of sulfonamides is 1. The van der Waals surface area contributed by atoms with Crippen LogP contribution < -0.4 is 14.4 Å². The molecule has 1 atom stereocenters. The highest BCUT2D eigenvalue weighted by atomic mass is 35.5. The van der Waals surface area contributed by atoms with E-state index in [2.05, 4.69) is 5.32 Å². The first-order chi connectivity index (χ1) is 20.6. The number of halogens is 1. The van der Waals surface area contributed by atoms with Crippen LogP contribution in [0.4, 0.5) is 5.69 Å². The van der Waals surface area contributed by atoms with Crippen LogP contribution in [0, 0.1) is 6.92 Å². The Hall–Kier alpha value is -4.34. The zero-order chi connectivity index (χ0) is 31.0. The summed E-state index contributed by atoms with van der Waals surface area (Å²) >= 11 is 6.40. The van der Waals surface area contributed by atoms with Gasteiger partial charge in [0.1, 0.15) is 18.3 Å². The van der Waals surface area contributed by atoms with Crippen LogP contribution in [0.5, 0.6) is 5.75 Å². The first-order valence-corrected chi connectivity index (χ1v) is 15.5. The summed E-state index contributed by atoms with van der Waals surface area (Å²) < 4.78 is 34.4. The standard InChI is InChI=1S/C33H34ClN3O5S/c1-24-14-17-28(18-15-24)43(40,41)37(27-16-19-31(42-3)29(34)21-27)23-32(38)36(22-26-12-8-5-9-13-26)30(33(39)35-2)20-25-10-6-4-7-11-25/h4-19,21,30H,20,22-23H2,1-3H3,(H,35,39)/t30-/m1/s1. The maximum atomic E-state index is 14.3. The van der Waals surface area contributed by atoms with Crippen LogP contribution in [-0.4, -0.2) is 51.9 Å². The predicted molar refractivity (Wildman–Crippen MR) is 169 cm³/mol. The fourth-order valence-corrected chi connectivity index (χ4v) is 6.34. The number of nitrogens with zero attached hydrogens (tertiary/aromatic N) is 2. The van der Waals surface area contributed by atoms with E-state index in [1.165, 1.54) is 43.3 Å². The van der Waals surface area contributed by atoms with Crippen molar-refractivity contribution in [2.45, 2.75) is 30.8 Å². The van der Waals surface area contributed by atoms with E-state index in [1.54, 1.807) is 18.2 Å². The van der Waals surface area contributed by atoms with Crippen molar-refractivity contribution in [3.63, 3.8) is 0 Å². The molecular formula is C33H34ClN3O5S. The van der Waals surface area contributed by atoms with Gasteiger partial charge in [0.15, 0.2) is 0 Å². The van der Waals surface area contributed by atoms with Gasteiger partial charge in [-0.2, -0.15) is 0 Å². The number of carbonyl (C=O) groups is 2. The van der Waals surface area contributed by atoms with Crippen LogP contribution in [0.1, 0.15) is 16.7 Å². The van der Waals surface area contributed by atoms with Crippen LogP contribution in [0.25, 0.3) is 0 Å². The van der Waals surface area contributed by atoms with Gasteiger partial charge in [0.25, 0.3) is 10.0 Å². The van der Waals surface area contributed by atoms with Crippen molar-refractivity contribution >= 4 is 39.1 Å². The Morgan fingerprint density at radius 1 is 0.884 bits per heavy atom. The third-order valence-corrected chi connectivity index (χ3v) is 9.11. The topological polar surface area (TPSA) is 96.0 Å². The molecule has 0 aliphatic heterocycles. The number of methoxy groups -OCH3 is 1. The van der Waals surface area contributed by atoms with Crippen LogP contribution in [0.2, 0.25) is 5.02 Å². The molecule has 0 aromatic heterocycles. The number of ether oxygens (including phenoxy) is 1. The first-order valence-electron chi connectivity index (χ1n) is 13.7. The Bertz CT molecular complexity index is 1650. The molecule has 0 heterocycles. The van der Waals surface area contributed by atoms with E-state index in [-0.39, 0.29) is 34.5 Å². The van der Waals surface area contributed by atoms with Crippen molar-refractivity contribution in [3.05, 3.63) is 125 Å². The molecule has 0 spiro atoms. The Balaban J connectivity index is 1.80. The lowest BCUT2D eigenvalue weighted by Gasteiger charge is -2.33. The third kappa shape index (κ3) is 7.74. The molecule has 43 heavy (non-hydrogen) atoms. The molecule has 0 aliphatic carbocycles. The van der Waals surface area contributed by atoms with Gasteiger partial charge in [-0.25, -0.2) is 8.42 Å². The summed E-state index contributed by atoms with van der Waals surface area (Å²) in [6.07, 6.45) is 0.234. The van der Waals surface area contributed by atoms with Crippen LogP contribution in [-0.2, 0) is 32.6 Å². The normalized spacial score (nSPS) is 11.8. The number of amides is 2. The summed E-state index contributed by atoms with van der Waals surface area (Å²) in [6, 6.07) is 28.6. The van der Waals surface area contributed by atoms with E-state index in [0.29, 0.717) is 5.75 Å². The van der Waals surface area contributed by atoms with Crippen molar-refractivity contribution in [2.75, 3.05) is 25.0 Å². The number of nitrogens with one attached hydrogen (secondary N) is 1. The largest absolute Gasteiger partial charge is 0.495 e. The molecule has 4 aromatic carbocycles. The minimum Gasteiger partial charge on any atom is -0.495 e. The van der Waals surface area contributed by atoms with Gasteiger partial charge in [0.2, 0.25) is 11.8 Å². The monoisotopic (exact) mass is 619 g/mol. The van der Waals surface area contributed by atoms with Gasteiger partial charge in [-0.15, -0.1) is 0 Å². The fraction of sp³-hybridized carbons (Fsp3) is 0.212. The highest BCUT2D eigenvalue weighted by Crippen LogP contribution is 2.32. The molecule has 2 amide bonds. The number of hydrogen-bond donors (Lipinski definition) is 1. The quantitative estimate of drug-likeness (QED) is 0.234. The number of rotatable bonds is 12. The maximum Gasteiger partial charge on any atom is 0.264 e. The van der Waals surface area contributed by atoms with Crippen molar-refractivity contribution in [2.24, 2.45) is 0 Å². The lowest BCUT2D eigenvalue weighted by molar-refractivity contribution is -0.139. The molecule has 0 radical (unpaired) electrons.